The third-order valence-corrected chi connectivity index (χ3v) is 6.77. The van der Waals surface area contributed by atoms with Crippen molar-refractivity contribution >= 4 is 38.9 Å². The summed E-state index contributed by atoms with van der Waals surface area (Å²) in [6.45, 7) is 2.38. The molecule has 0 fully saturated rings. The predicted molar refractivity (Wildman–Crippen MR) is 93.2 cm³/mol. The van der Waals surface area contributed by atoms with Gasteiger partial charge in [-0.1, -0.05) is 36.7 Å². The monoisotopic (exact) mass is 362 g/mol. The van der Waals surface area contributed by atoms with Gasteiger partial charge in [0.25, 0.3) is 10.0 Å². The van der Waals surface area contributed by atoms with E-state index in [2.05, 4.69) is 5.32 Å². The Morgan fingerprint density at radius 1 is 1.25 bits per heavy atom. The standard InChI is InChI=1S/C17H15ClN2O3S/c1-10-9-20(15-5-3-2-4-12(10)15)24(22,23)16-6-11-7-17(21)19-14(11)8-13(16)18/h2-6,8,10H,7,9H2,1H3,(H,19,21). The minimum Gasteiger partial charge on any atom is -0.325 e. The summed E-state index contributed by atoms with van der Waals surface area (Å²) < 4.78 is 27.8. The smallest absolute Gasteiger partial charge is 0.265 e. The largest absolute Gasteiger partial charge is 0.325 e. The van der Waals surface area contributed by atoms with Crippen molar-refractivity contribution in [2.75, 3.05) is 16.2 Å². The van der Waals surface area contributed by atoms with Crippen LogP contribution in [0.25, 0.3) is 0 Å². The number of fused-ring (bicyclic) bond motifs is 2. The first-order valence-corrected chi connectivity index (χ1v) is 9.43. The van der Waals surface area contributed by atoms with Crippen molar-refractivity contribution in [3.05, 3.63) is 52.5 Å². The van der Waals surface area contributed by atoms with Gasteiger partial charge < -0.3 is 5.32 Å². The Balaban J connectivity index is 1.83. The number of rotatable bonds is 2. The Morgan fingerprint density at radius 3 is 2.79 bits per heavy atom. The molecule has 0 aliphatic carbocycles. The van der Waals surface area contributed by atoms with Crippen LogP contribution in [0.5, 0.6) is 0 Å². The van der Waals surface area contributed by atoms with Crippen molar-refractivity contribution in [2.45, 2.75) is 24.2 Å². The lowest BCUT2D eigenvalue weighted by atomic mass is 10.0. The van der Waals surface area contributed by atoms with Crippen molar-refractivity contribution in [1.29, 1.82) is 0 Å². The van der Waals surface area contributed by atoms with Gasteiger partial charge in [-0.15, -0.1) is 0 Å². The quantitative estimate of drug-likeness (QED) is 0.892. The highest BCUT2D eigenvalue weighted by Crippen LogP contribution is 2.41. The number of nitrogens with zero attached hydrogens (tertiary/aromatic N) is 1. The van der Waals surface area contributed by atoms with Gasteiger partial charge in [0.05, 0.1) is 17.1 Å². The zero-order valence-corrected chi connectivity index (χ0v) is 14.5. The van der Waals surface area contributed by atoms with Crippen LogP contribution in [0.2, 0.25) is 5.02 Å². The third-order valence-electron chi connectivity index (χ3n) is 4.53. The number of benzene rings is 2. The van der Waals surface area contributed by atoms with Crippen LogP contribution in [0.1, 0.15) is 24.0 Å². The van der Waals surface area contributed by atoms with E-state index in [0.717, 1.165) is 5.56 Å². The number of amides is 1. The first-order valence-electron chi connectivity index (χ1n) is 7.62. The molecule has 0 bridgehead atoms. The van der Waals surface area contributed by atoms with Crippen molar-refractivity contribution in [3.63, 3.8) is 0 Å². The zero-order valence-electron chi connectivity index (χ0n) is 12.9. The Bertz CT molecular complexity index is 972. The van der Waals surface area contributed by atoms with Gasteiger partial charge in [0.15, 0.2) is 0 Å². The van der Waals surface area contributed by atoms with Crippen LogP contribution < -0.4 is 9.62 Å². The summed E-state index contributed by atoms with van der Waals surface area (Å²) in [6, 6.07) is 10.5. The molecule has 0 saturated carbocycles. The molecule has 1 amide bonds. The van der Waals surface area contributed by atoms with Gasteiger partial charge in [-0.3, -0.25) is 9.10 Å². The van der Waals surface area contributed by atoms with Crippen LogP contribution in [0.4, 0.5) is 11.4 Å². The SMILES string of the molecule is CC1CN(S(=O)(=O)c2cc3c(cc2Cl)NC(=O)C3)c2ccccc21. The number of anilines is 2. The lowest BCUT2D eigenvalue weighted by molar-refractivity contribution is -0.115. The molecule has 2 aliphatic heterocycles. The molecule has 4 rings (SSSR count). The molecule has 0 aromatic heterocycles. The predicted octanol–water partition coefficient (Wildman–Crippen LogP) is 3.15. The number of para-hydroxylation sites is 1. The minimum absolute atomic E-state index is 0.0447. The molecule has 2 aliphatic rings. The van der Waals surface area contributed by atoms with Crippen LogP contribution in [-0.4, -0.2) is 20.9 Å². The van der Waals surface area contributed by atoms with Crippen molar-refractivity contribution < 1.29 is 13.2 Å². The number of hydrogen-bond donors (Lipinski definition) is 1. The summed E-state index contributed by atoms with van der Waals surface area (Å²) in [5.74, 6) is -0.0387. The molecule has 24 heavy (non-hydrogen) atoms. The van der Waals surface area contributed by atoms with E-state index in [4.69, 9.17) is 11.6 Å². The second-order valence-electron chi connectivity index (χ2n) is 6.16. The van der Waals surface area contributed by atoms with E-state index < -0.39 is 10.0 Å². The van der Waals surface area contributed by atoms with Gasteiger partial charge >= 0.3 is 0 Å². The average molecular weight is 363 g/mol. The second-order valence-corrected chi connectivity index (χ2v) is 8.40. The molecule has 7 heteroatoms. The fraction of sp³-hybridized carbons (Fsp3) is 0.235. The molecule has 1 atom stereocenters. The Labute approximate surface area is 145 Å². The molecule has 1 N–H and O–H groups in total. The van der Waals surface area contributed by atoms with Gasteiger partial charge in [0, 0.05) is 18.2 Å². The van der Waals surface area contributed by atoms with Gasteiger partial charge in [0.1, 0.15) is 4.90 Å². The molecule has 2 heterocycles. The molecule has 2 aromatic rings. The highest BCUT2D eigenvalue weighted by molar-refractivity contribution is 7.93. The lowest BCUT2D eigenvalue weighted by Crippen LogP contribution is -2.30. The van der Waals surface area contributed by atoms with Gasteiger partial charge in [-0.2, -0.15) is 0 Å². The fourth-order valence-electron chi connectivity index (χ4n) is 3.35. The zero-order chi connectivity index (χ0) is 17.1. The van der Waals surface area contributed by atoms with Crippen LogP contribution in [0.15, 0.2) is 41.3 Å². The number of hydrogen-bond acceptors (Lipinski definition) is 3. The summed E-state index contributed by atoms with van der Waals surface area (Å²) in [5.41, 5.74) is 2.94. The maximum Gasteiger partial charge on any atom is 0.265 e. The molecule has 0 spiro atoms. The third kappa shape index (κ3) is 2.21. The summed E-state index contributed by atoms with van der Waals surface area (Å²) >= 11 is 6.22. The van der Waals surface area contributed by atoms with Crippen molar-refractivity contribution in [1.82, 2.24) is 0 Å². The number of carbonyl (C=O) groups excluding carboxylic acids is 1. The minimum atomic E-state index is -3.79. The fourth-order valence-corrected chi connectivity index (χ4v) is 5.48. The number of halogens is 1. The van der Waals surface area contributed by atoms with Crippen molar-refractivity contribution in [3.8, 4) is 0 Å². The average Bonchev–Trinajstić information content (AvgIpc) is 3.06. The summed E-state index contributed by atoms with van der Waals surface area (Å²) in [5, 5.41) is 2.80. The van der Waals surface area contributed by atoms with E-state index in [1.807, 2.05) is 31.2 Å². The first-order chi connectivity index (χ1) is 11.4. The highest BCUT2D eigenvalue weighted by atomic mass is 35.5. The summed E-state index contributed by atoms with van der Waals surface area (Å²) in [4.78, 5) is 11.6. The Morgan fingerprint density at radius 2 is 2.00 bits per heavy atom. The molecular formula is C17H15ClN2O3S. The van der Waals surface area contributed by atoms with E-state index in [1.54, 1.807) is 0 Å². The van der Waals surface area contributed by atoms with Crippen LogP contribution in [0, 0.1) is 0 Å². The van der Waals surface area contributed by atoms with Gasteiger partial charge in [-0.25, -0.2) is 8.42 Å². The van der Waals surface area contributed by atoms with E-state index >= 15 is 0 Å². The summed E-state index contributed by atoms with van der Waals surface area (Å²) in [7, 11) is -3.79. The normalized spacial score (nSPS) is 19.2. The highest BCUT2D eigenvalue weighted by Gasteiger charge is 2.36. The van der Waals surface area contributed by atoms with Gasteiger partial charge in [-0.05, 0) is 29.3 Å². The topological polar surface area (TPSA) is 66.5 Å². The Kier molecular flexibility index (Phi) is 3.37. The van der Waals surface area contributed by atoms with E-state index in [0.29, 0.717) is 23.5 Å². The molecule has 0 saturated heterocycles. The number of nitrogens with one attached hydrogen (secondary N) is 1. The first kappa shape index (κ1) is 15.5. The molecule has 1 unspecified atom stereocenters. The van der Waals surface area contributed by atoms with Crippen LogP contribution in [0.3, 0.4) is 0 Å². The van der Waals surface area contributed by atoms with E-state index in [-0.39, 0.29) is 28.2 Å². The Hall–Kier alpha value is -2.05. The van der Waals surface area contributed by atoms with Crippen LogP contribution in [-0.2, 0) is 21.2 Å². The maximum absolute atomic E-state index is 13.2. The maximum atomic E-state index is 13.2. The van der Waals surface area contributed by atoms with Gasteiger partial charge in [0.2, 0.25) is 5.91 Å². The van der Waals surface area contributed by atoms with Crippen LogP contribution >= 0.6 is 11.6 Å². The summed E-state index contributed by atoms with van der Waals surface area (Å²) in [6.07, 6.45) is 0.169. The van der Waals surface area contributed by atoms with E-state index in [9.17, 15) is 13.2 Å². The molecule has 124 valence electrons. The molecule has 0 radical (unpaired) electrons. The number of sulfonamides is 1. The molecule has 2 aromatic carbocycles. The number of carbonyl (C=O) groups is 1. The molecular weight excluding hydrogens is 348 g/mol. The molecule has 5 nitrogen and oxygen atoms in total. The lowest BCUT2D eigenvalue weighted by Gasteiger charge is -2.21. The van der Waals surface area contributed by atoms with Crippen molar-refractivity contribution in [2.24, 2.45) is 0 Å². The van der Waals surface area contributed by atoms with E-state index in [1.165, 1.54) is 16.4 Å². The second kappa shape index (κ2) is 5.22.